The van der Waals surface area contributed by atoms with Crippen molar-refractivity contribution in [1.82, 2.24) is 0 Å². The smallest absolute Gasteiger partial charge is 0.265 e. The summed E-state index contributed by atoms with van der Waals surface area (Å²) in [5.74, 6) is 1.50. The van der Waals surface area contributed by atoms with Gasteiger partial charge in [0, 0.05) is 11.8 Å². The summed E-state index contributed by atoms with van der Waals surface area (Å²) in [5.41, 5.74) is 1.14. The van der Waals surface area contributed by atoms with Gasteiger partial charge in [-0.3, -0.25) is 4.79 Å². The number of hydrogen-bond acceptors (Lipinski definition) is 5. The maximum absolute atomic E-state index is 12.2. The van der Waals surface area contributed by atoms with E-state index in [-0.39, 0.29) is 12.7 Å². The highest BCUT2D eigenvalue weighted by molar-refractivity contribution is 5.94. The minimum atomic E-state index is -0.687. The number of nitriles is 1. The van der Waals surface area contributed by atoms with Gasteiger partial charge in [-0.2, -0.15) is 5.26 Å². The number of amides is 1. The molecule has 1 unspecified atom stereocenters. The number of carbonyl (C=O) groups excluding carboxylic acids is 1. The molecule has 116 valence electrons. The number of benzene rings is 2. The van der Waals surface area contributed by atoms with Crippen molar-refractivity contribution in [3.8, 4) is 23.3 Å². The fourth-order valence-corrected chi connectivity index (χ4v) is 2.08. The molecule has 0 saturated carbocycles. The van der Waals surface area contributed by atoms with Crippen LogP contribution < -0.4 is 19.5 Å². The fourth-order valence-electron chi connectivity index (χ4n) is 2.08. The third-order valence-corrected chi connectivity index (χ3v) is 3.31. The fraction of sp³-hybridized carbons (Fsp3) is 0.176. The number of nitrogens with zero attached hydrogens (tertiary/aromatic N) is 1. The normalized spacial score (nSPS) is 13.0. The van der Waals surface area contributed by atoms with Gasteiger partial charge >= 0.3 is 0 Å². The maximum atomic E-state index is 12.2. The summed E-state index contributed by atoms with van der Waals surface area (Å²) in [5, 5.41) is 11.5. The Bertz CT molecular complexity index is 765. The first-order valence-electron chi connectivity index (χ1n) is 7.03. The van der Waals surface area contributed by atoms with E-state index in [9.17, 15) is 4.79 Å². The van der Waals surface area contributed by atoms with Gasteiger partial charge in [0.25, 0.3) is 5.91 Å². The minimum Gasteiger partial charge on any atom is -0.481 e. The summed E-state index contributed by atoms with van der Waals surface area (Å²) in [6.07, 6.45) is -0.687. The Morgan fingerprint density at radius 3 is 2.70 bits per heavy atom. The Morgan fingerprint density at radius 1 is 1.22 bits per heavy atom. The van der Waals surface area contributed by atoms with Crippen molar-refractivity contribution >= 4 is 11.6 Å². The molecule has 1 heterocycles. The van der Waals surface area contributed by atoms with Gasteiger partial charge in [-0.15, -0.1) is 0 Å². The molecule has 1 amide bonds. The highest BCUT2D eigenvalue weighted by Crippen LogP contribution is 2.34. The lowest BCUT2D eigenvalue weighted by Crippen LogP contribution is -2.30. The van der Waals surface area contributed by atoms with Gasteiger partial charge in [0.15, 0.2) is 17.6 Å². The molecule has 1 atom stereocenters. The van der Waals surface area contributed by atoms with Crippen LogP contribution in [0.1, 0.15) is 12.5 Å². The van der Waals surface area contributed by atoms with E-state index in [0.29, 0.717) is 28.5 Å². The molecule has 0 spiro atoms. The first kappa shape index (κ1) is 14.7. The lowest BCUT2D eigenvalue weighted by Gasteiger charge is -2.15. The number of anilines is 1. The second-order valence-corrected chi connectivity index (χ2v) is 4.95. The molecule has 6 nitrogen and oxygen atoms in total. The quantitative estimate of drug-likeness (QED) is 0.939. The highest BCUT2D eigenvalue weighted by Gasteiger charge is 2.18. The molecule has 2 aromatic carbocycles. The van der Waals surface area contributed by atoms with Crippen molar-refractivity contribution in [2.24, 2.45) is 0 Å². The van der Waals surface area contributed by atoms with E-state index >= 15 is 0 Å². The summed E-state index contributed by atoms with van der Waals surface area (Å²) in [7, 11) is 0. The molecular weight excluding hydrogens is 296 g/mol. The van der Waals surface area contributed by atoms with E-state index in [2.05, 4.69) is 5.32 Å². The lowest BCUT2D eigenvalue weighted by molar-refractivity contribution is -0.122. The molecule has 2 aromatic rings. The Morgan fingerprint density at radius 2 is 1.96 bits per heavy atom. The zero-order chi connectivity index (χ0) is 16.2. The Kier molecular flexibility index (Phi) is 4.02. The van der Waals surface area contributed by atoms with E-state index < -0.39 is 6.10 Å². The second-order valence-electron chi connectivity index (χ2n) is 4.95. The number of fused-ring (bicyclic) bond motifs is 1. The molecule has 3 rings (SSSR count). The molecule has 6 heteroatoms. The summed E-state index contributed by atoms with van der Waals surface area (Å²) in [6.45, 7) is 1.84. The van der Waals surface area contributed by atoms with Crippen LogP contribution in [0.2, 0.25) is 0 Å². The Balaban J connectivity index is 1.62. The summed E-state index contributed by atoms with van der Waals surface area (Å²) < 4.78 is 16.1. The largest absolute Gasteiger partial charge is 0.481 e. The molecule has 0 aromatic heterocycles. The SMILES string of the molecule is CC(Oc1ccc(C#N)cc1)C(=O)Nc1ccc2c(c1)OCO2. The van der Waals surface area contributed by atoms with Gasteiger partial charge in [-0.1, -0.05) is 0 Å². The van der Waals surface area contributed by atoms with Crippen LogP contribution in [-0.2, 0) is 4.79 Å². The molecular formula is C17H14N2O4. The third kappa shape index (κ3) is 3.35. The van der Waals surface area contributed by atoms with Gasteiger partial charge < -0.3 is 19.5 Å². The summed E-state index contributed by atoms with van der Waals surface area (Å²) in [6, 6.07) is 13.8. The van der Waals surface area contributed by atoms with Gasteiger partial charge in [0.1, 0.15) is 5.75 Å². The number of hydrogen-bond donors (Lipinski definition) is 1. The van der Waals surface area contributed by atoms with Crippen LogP contribution in [0, 0.1) is 11.3 Å². The van der Waals surface area contributed by atoms with Crippen molar-refractivity contribution in [3.63, 3.8) is 0 Å². The van der Waals surface area contributed by atoms with Crippen LogP contribution in [0.25, 0.3) is 0 Å². The Hall–Kier alpha value is -3.20. The van der Waals surface area contributed by atoms with Crippen molar-refractivity contribution in [2.45, 2.75) is 13.0 Å². The highest BCUT2D eigenvalue weighted by atomic mass is 16.7. The average molecular weight is 310 g/mol. The van der Waals surface area contributed by atoms with E-state index in [1.54, 1.807) is 49.4 Å². The first-order valence-corrected chi connectivity index (χ1v) is 7.03. The first-order chi connectivity index (χ1) is 11.2. The van der Waals surface area contributed by atoms with Gasteiger partial charge in [0.2, 0.25) is 6.79 Å². The van der Waals surface area contributed by atoms with Crippen molar-refractivity contribution in [3.05, 3.63) is 48.0 Å². The lowest BCUT2D eigenvalue weighted by atomic mass is 10.2. The predicted octanol–water partition coefficient (Wildman–Crippen LogP) is 2.69. The van der Waals surface area contributed by atoms with Crippen LogP contribution >= 0.6 is 0 Å². The molecule has 1 aliphatic rings. The minimum absolute atomic E-state index is 0.185. The molecule has 1 aliphatic heterocycles. The maximum Gasteiger partial charge on any atom is 0.265 e. The summed E-state index contributed by atoms with van der Waals surface area (Å²) >= 11 is 0. The van der Waals surface area contributed by atoms with Gasteiger partial charge in [-0.25, -0.2) is 0 Å². The van der Waals surface area contributed by atoms with Gasteiger partial charge in [-0.05, 0) is 43.3 Å². The van der Waals surface area contributed by atoms with Crippen LogP contribution in [0.3, 0.4) is 0 Å². The number of nitrogens with one attached hydrogen (secondary N) is 1. The molecule has 0 saturated heterocycles. The van der Waals surface area contributed by atoms with E-state index in [4.69, 9.17) is 19.5 Å². The van der Waals surface area contributed by atoms with Gasteiger partial charge in [0.05, 0.1) is 11.6 Å². The standard InChI is InChI=1S/C17H14N2O4/c1-11(23-14-5-2-12(9-18)3-6-14)17(20)19-13-4-7-15-16(8-13)22-10-21-15/h2-8,11H,10H2,1H3,(H,19,20). The molecule has 1 N–H and O–H groups in total. The van der Waals surface area contributed by atoms with Crippen LogP contribution in [0.5, 0.6) is 17.2 Å². The van der Waals surface area contributed by atoms with Crippen LogP contribution in [0.15, 0.2) is 42.5 Å². The number of ether oxygens (including phenoxy) is 3. The monoisotopic (exact) mass is 310 g/mol. The van der Waals surface area contributed by atoms with Crippen molar-refractivity contribution in [2.75, 3.05) is 12.1 Å². The molecule has 23 heavy (non-hydrogen) atoms. The summed E-state index contributed by atoms with van der Waals surface area (Å²) in [4.78, 5) is 12.2. The van der Waals surface area contributed by atoms with Crippen LogP contribution in [0.4, 0.5) is 5.69 Å². The van der Waals surface area contributed by atoms with E-state index in [1.165, 1.54) is 0 Å². The number of rotatable bonds is 4. The number of carbonyl (C=O) groups is 1. The zero-order valence-electron chi connectivity index (χ0n) is 12.4. The van der Waals surface area contributed by atoms with E-state index in [0.717, 1.165) is 0 Å². The third-order valence-electron chi connectivity index (χ3n) is 3.31. The molecule has 0 bridgehead atoms. The van der Waals surface area contributed by atoms with Crippen molar-refractivity contribution in [1.29, 1.82) is 5.26 Å². The molecule has 0 aliphatic carbocycles. The van der Waals surface area contributed by atoms with E-state index in [1.807, 2.05) is 6.07 Å². The second kappa shape index (κ2) is 6.28. The Labute approximate surface area is 133 Å². The molecule has 0 fully saturated rings. The predicted molar refractivity (Wildman–Crippen MR) is 82.4 cm³/mol. The average Bonchev–Trinajstić information content (AvgIpc) is 3.03. The van der Waals surface area contributed by atoms with Crippen molar-refractivity contribution < 1.29 is 19.0 Å². The topological polar surface area (TPSA) is 80.6 Å². The molecule has 0 radical (unpaired) electrons. The van der Waals surface area contributed by atoms with Crippen LogP contribution in [-0.4, -0.2) is 18.8 Å². The zero-order valence-corrected chi connectivity index (χ0v) is 12.4.